The van der Waals surface area contributed by atoms with Crippen LogP contribution >= 0.6 is 11.6 Å². The van der Waals surface area contributed by atoms with Gasteiger partial charge in [0.05, 0.1) is 17.2 Å². The quantitative estimate of drug-likeness (QED) is 0.415. The molecule has 0 aliphatic carbocycles. The average molecular weight is 430 g/mol. The maximum atomic E-state index is 12.2. The molecule has 0 spiro atoms. The number of carbonyl (C=O) groups is 1. The highest BCUT2D eigenvalue weighted by molar-refractivity contribution is 6.30. The molecule has 2 aromatic carbocycles. The van der Waals surface area contributed by atoms with Crippen LogP contribution in [0.5, 0.6) is 0 Å². The lowest BCUT2D eigenvalue weighted by molar-refractivity contribution is -0.384. The lowest BCUT2D eigenvalue weighted by atomic mass is 10.1. The summed E-state index contributed by atoms with van der Waals surface area (Å²) in [7, 11) is 0. The van der Waals surface area contributed by atoms with Crippen LogP contribution in [0.25, 0.3) is 0 Å². The predicted octanol–water partition coefficient (Wildman–Crippen LogP) is 2.91. The molecular formula is C21H24ClN5O3. The van der Waals surface area contributed by atoms with Crippen molar-refractivity contribution in [2.75, 3.05) is 32.7 Å². The second-order valence-corrected chi connectivity index (χ2v) is 7.65. The fraction of sp³-hybridized carbons (Fsp3) is 0.333. The molecule has 1 heterocycles. The Kier molecular flexibility index (Phi) is 7.51. The molecule has 3 rings (SSSR count). The van der Waals surface area contributed by atoms with Crippen LogP contribution in [0.2, 0.25) is 5.02 Å². The number of amides is 1. The van der Waals surface area contributed by atoms with E-state index in [1.54, 1.807) is 19.1 Å². The molecule has 1 saturated heterocycles. The number of carbonyl (C=O) groups excluding carboxylic acids is 1. The van der Waals surface area contributed by atoms with Gasteiger partial charge in [0.15, 0.2) is 0 Å². The highest BCUT2D eigenvalue weighted by Crippen LogP contribution is 2.14. The molecule has 1 aliphatic rings. The molecule has 2 aromatic rings. The van der Waals surface area contributed by atoms with Gasteiger partial charge in [0.1, 0.15) is 0 Å². The lowest BCUT2D eigenvalue weighted by Crippen LogP contribution is -2.48. The molecule has 0 saturated carbocycles. The summed E-state index contributed by atoms with van der Waals surface area (Å²) in [5.74, 6) is -0.178. The molecule has 0 bridgehead atoms. The van der Waals surface area contributed by atoms with Crippen molar-refractivity contribution in [2.45, 2.75) is 13.5 Å². The van der Waals surface area contributed by atoms with Crippen molar-refractivity contribution in [3.8, 4) is 0 Å². The molecule has 1 N–H and O–H groups in total. The van der Waals surface area contributed by atoms with E-state index in [4.69, 9.17) is 11.6 Å². The number of benzene rings is 2. The fourth-order valence-corrected chi connectivity index (χ4v) is 3.35. The van der Waals surface area contributed by atoms with E-state index >= 15 is 0 Å². The number of nitrogens with zero attached hydrogens (tertiary/aromatic N) is 4. The van der Waals surface area contributed by atoms with Gasteiger partial charge in [-0.1, -0.05) is 23.7 Å². The van der Waals surface area contributed by atoms with E-state index in [2.05, 4.69) is 20.3 Å². The smallest absolute Gasteiger partial charge is 0.269 e. The van der Waals surface area contributed by atoms with Crippen molar-refractivity contribution in [1.82, 2.24) is 15.2 Å². The van der Waals surface area contributed by atoms with Crippen molar-refractivity contribution in [1.29, 1.82) is 0 Å². The van der Waals surface area contributed by atoms with E-state index in [1.165, 1.54) is 17.7 Å². The lowest BCUT2D eigenvalue weighted by Gasteiger charge is -2.34. The van der Waals surface area contributed by atoms with Crippen LogP contribution in [-0.4, -0.2) is 59.1 Å². The molecule has 0 radical (unpaired) electrons. The third kappa shape index (κ3) is 6.35. The van der Waals surface area contributed by atoms with Crippen LogP contribution in [0.15, 0.2) is 53.6 Å². The van der Waals surface area contributed by atoms with Crippen LogP contribution < -0.4 is 5.43 Å². The number of rotatable bonds is 7. The molecular weight excluding hydrogens is 406 g/mol. The zero-order valence-electron chi connectivity index (χ0n) is 16.8. The van der Waals surface area contributed by atoms with E-state index in [-0.39, 0.29) is 18.1 Å². The largest absolute Gasteiger partial charge is 0.297 e. The molecule has 30 heavy (non-hydrogen) atoms. The van der Waals surface area contributed by atoms with Crippen LogP contribution in [0.3, 0.4) is 0 Å². The molecule has 158 valence electrons. The third-order valence-corrected chi connectivity index (χ3v) is 5.25. The van der Waals surface area contributed by atoms with Gasteiger partial charge in [0.2, 0.25) is 0 Å². The van der Waals surface area contributed by atoms with Crippen LogP contribution in [0.4, 0.5) is 5.69 Å². The van der Waals surface area contributed by atoms with Gasteiger partial charge in [-0.15, -0.1) is 0 Å². The van der Waals surface area contributed by atoms with Gasteiger partial charge >= 0.3 is 0 Å². The Balaban J connectivity index is 1.42. The molecule has 9 heteroatoms. The van der Waals surface area contributed by atoms with Gasteiger partial charge in [-0.3, -0.25) is 24.7 Å². The Hall–Kier alpha value is -2.81. The van der Waals surface area contributed by atoms with Crippen molar-refractivity contribution in [3.63, 3.8) is 0 Å². The Labute approximate surface area is 180 Å². The van der Waals surface area contributed by atoms with Gasteiger partial charge in [0.25, 0.3) is 11.6 Å². The minimum absolute atomic E-state index is 0.0193. The number of piperazine rings is 1. The topological polar surface area (TPSA) is 91.1 Å². The summed E-state index contributed by atoms with van der Waals surface area (Å²) in [4.78, 5) is 26.9. The number of non-ortho nitro benzene ring substituents is 1. The van der Waals surface area contributed by atoms with Gasteiger partial charge < -0.3 is 0 Å². The number of nitro groups is 1. The number of hydrazone groups is 1. The first-order valence-electron chi connectivity index (χ1n) is 9.68. The summed E-state index contributed by atoms with van der Waals surface area (Å²) in [6.07, 6.45) is 0. The number of nitrogens with one attached hydrogen (secondary N) is 1. The van der Waals surface area contributed by atoms with E-state index in [9.17, 15) is 14.9 Å². The number of nitro benzene ring substituents is 1. The second-order valence-electron chi connectivity index (χ2n) is 7.21. The summed E-state index contributed by atoms with van der Waals surface area (Å²) >= 11 is 5.93. The molecule has 1 fully saturated rings. The average Bonchev–Trinajstić information content (AvgIpc) is 2.75. The zero-order chi connectivity index (χ0) is 21.5. The maximum absolute atomic E-state index is 12.2. The van der Waals surface area contributed by atoms with Gasteiger partial charge in [-0.2, -0.15) is 5.10 Å². The predicted molar refractivity (Wildman–Crippen MR) is 117 cm³/mol. The van der Waals surface area contributed by atoms with Gasteiger partial charge in [0, 0.05) is 49.9 Å². The number of halogens is 1. The van der Waals surface area contributed by atoms with E-state index in [0.717, 1.165) is 43.3 Å². The van der Waals surface area contributed by atoms with E-state index in [1.807, 2.05) is 24.3 Å². The van der Waals surface area contributed by atoms with Gasteiger partial charge in [-0.05, 0) is 42.3 Å². The molecule has 1 amide bonds. The Morgan fingerprint density at radius 2 is 1.67 bits per heavy atom. The molecule has 1 aliphatic heterocycles. The molecule has 8 nitrogen and oxygen atoms in total. The highest BCUT2D eigenvalue weighted by Gasteiger charge is 2.19. The number of hydrogen-bond donors (Lipinski definition) is 1. The first kappa shape index (κ1) is 21.9. The highest BCUT2D eigenvalue weighted by atomic mass is 35.5. The normalized spacial score (nSPS) is 15.7. The first-order valence-corrected chi connectivity index (χ1v) is 10.1. The van der Waals surface area contributed by atoms with Crippen molar-refractivity contribution < 1.29 is 9.72 Å². The summed E-state index contributed by atoms with van der Waals surface area (Å²) in [5, 5.41) is 15.6. The van der Waals surface area contributed by atoms with E-state index < -0.39 is 4.92 Å². The monoisotopic (exact) mass is 429 g/mol. The van der Waals surface area contributed by atoms with Crippen LogP contribution in [-0.2, 0) is 11.3 Å². The molecule has 0 aromatic heterocycles. The third-order valence-electron chi connectivity index (χ3n) is 5.00. The Bertz CT molecular complexity index is 907. The molecule has 0 atom stereocenters. The van der Waals surface area contributed by atoms with Crippen LogP contribution in [0.1, 0.15) is 18.1 Å². The standard InChI is InChI=1S/C21H24ClN5O3/c1-16(18-4-8-20(9-5-18)27(29)30)23-24-21(28)15-26-12-10-25(11-13-26)14-17-2-6-19(22)7-3-17/h2-9H,10-15H2,1H3,(H,24,28)/b23-16+. The van der Waals surface area contributed by atoms with Crippen molar-refractivity contribution in [3.05, 3.63) is 74.8 Å². The zero-order valence-corrected chi connectivity index (χ0v) is 17.5. The Morgan fingerprint density at radius 1 is 1.07 bits per heavy atom. The van der Waals surface area contributed by atoms with Gasteiger partial charge in [-0.25, -0.2) is 5.43 Å². The van der Waals surface area contributed by atoms with Crippen molar-refractivity contribution in [2.24, 2.45) is 5.10 Å². The first-order chi connectivity index (χ1) is 14.4. The maximum Gasteiger partial charge on any atom is 0.269 e. The Morgan fingerprint density at radius 3 is 2.27 bits per heavy atom. The number of hydrogen-bond acceptors (Lipinski definition) is 6. The van der Waals surface area contributed by atoms with Crippen LogP contribution in [0, 0.1) is 10.1 Å². The summed E-state index contributed by atoms with van der Waals surface area (Å²) in [6.45, 7) is 6.30. The minimum atomic E-state index is -0.451. The summed E-state index contributed by atoms with van der Waals surface area (Å²) < 4.78 is 0. The summed E-state index contributed by atoms with van der Waals surface area (Å²) in [6, 6.07) is 13.9. The SMILES string of the molecule is C/C(=N\NC(=O)CN1CCN(Cc2ccc(Cl)cc2)CC1)c1ccc([N+](=O)[O-])cc1. The van der Waals surface area contributed by atoms with E-state index in [0.29, 0.717) is 5.71 Å². The fourth-order valence-electron chi connectivity index (χ4n) is 3.23. The minimum Gasteiger partial charge on any atom is -0.297 e. The summed E-state index contributed by atoms with van der Waals surface area (Å²) in [5.41, 5.74) is 5.12. The van der Waals surface area contributed by atoms with Crippen molar-refractivity contribution >= 4 is 28.9 Å². The molecule has 0 unspecified atom stereocenters. The second kappa shape index (κ2) is 10.3.